The number of hydrogen-bond acceptors (Lipinski definition) is 7. The van der Waals surface area contributed by atoms with E-state index >= 15 is 0 Å². The molecular formula is C21H20F5N7O3S. The molecule has 4 rings (SSSR count). The number of alkyl halides is 5. The number of carbonyl (C=O) groups is 1. The van der Waals surface area contributed by atoms with Gasteiger partial charge >= 0.3 is 12.1 Å². The summed E-state index contributed by atoms with van der Waals surface area (Å²) in [4.78, 5) is 25.0. The Morgan fingerprint density at radius 2 is 1.89 bits per heavy atom. The van der Waals surface area contributed by atoms with Crippen molar-refractivity contribution < 1.29 is 35.7 Å². The van der Waals surface area contributed by atoms with Gasteiger partial charge in [0, 0.05) is 30.4 Å². The number of hydrogen-bond donors (Lipinski definition) is 1. The summed E-state index contributed by atoms with van der Waals surface area (Å²) in [5.41, 5.74) is 0.387. The van der Waals surface area contributed by atoms with Crippen molar-refractivity contribution in [3.05, 3.63) is 36.5 Å². The standard InChI is InChI=1S/C21H20F5N7O3S/c1-4-37(35)19-14(16-27-6-5-12(33(16)31-19)17(34)30-11(2)3)15-29-9-13-18(28-7-8-32(13)15)36-10-20(22,23)21(24,25)26/h5-9,11H,4,10H2,1-3H3,(H,30,34). The van der Waals surface area contributed by atoms with Gasteiger partial charge in [-0.1, -0.05) is 6.92 Å². The van der Waals surface area contributed by atoms with Crippen molar-refractivity contribution in [2.45, 2.75) is 43.9 Å². The number of nitrogens with one attached hydrogen (secondary N) is 1. The first-order valence-corrected chi connectivity index (χ1v) is 12.1. The van der Waals surface area contributed by atoms with Gasteiger partial charge in [-0.25, -0.2) is 19.5 Å². The predicted molar refractivity (Wildman–Crippen MR) is 121 cm³/mol. The van der Waals surface area contributed by atoms with Crippen LogP contribution in [0.15, 0.2) is 35.9 Å². The molecule has 4 heterocycles. The first-order chi connectivity index (χ1) is 17.4. The highest BCUT2D eigenvalue weighted by Crippen LogP contribution is 2.36. The number of nitrogens with zero attached hydrogens (tertiary/aromatic N) is 6. The molecule has 1 unspecified atom stereocenters. The van der Waals surface area contributed by atoms with Crippen molar-refractivity contribution in [3.8, 4) is 17.3 Å². The summed E-state index contributed by atoms with van der Waals surface area (Å²) in [5, 5.41) is 7.15. The number of ether oxygens (including phenoxy) is 1. The van der Waals surface area contributed by atoms with Crippen LogP contribution < -0.4 is 10.1 Å². The Balaban J connectivity index is 1.86. The topological polar surface area (TPSA) is 116 Å². The smallest absolute Gasteiger partial charge is 0.456 e. The van der Waals surface area contributed by atoms with Crippen molar-refractivity contribution in [2.75, 3.05) is 12.4 Å². The lowest BCUT2D eigenvalue weighted by Gasteiger charge is -2.19. The van der Waals surface area contributed by atoms with E-state index in [2.05, 4.69) is 25.4 Å². The van der Waals surface area contributed by atoms with Gasteiger partial charge in [-0.3, -0.25) is 13.4 Å². The van der Waals surface area contributed by atoms with Gasteiger partial charge in [0.2, 0.25) is 5.88 Å². The van der Waals surface area contributed by atoms with Crippen molar-refractivity contribution >= 4 is 27.9 Å². The summed E-state index contributed by atoms with van der Waals surface area (Å²) in [5.74, 6) is -5.83. The van der Waals surface area contributed by atoms with Crippen LogP contribution in [0.2, 0.25) is 0 Å². The molecule has 0 aromatic carbocycles. The summed E-state index contributed by atoms with van der Waals surface area (Å²) in [7, 11) is -1.65. The average molecular weight is 545 g/mol. The maximum Gasteiger partial charge on any atom is 0.456 e. The zero-order chi connectivity index (χ0) is 27.1. The van der Waals surface area contributed by atoms with E-state index in [0.29, 0.717) is 0 Å². The van der Waals surface area contributed by atoms with Crippen LogP contribution in [0.25, 0.3) is 22.6 Å². The van der Waals surface area contributed by atoms with Crippen molar-refractivity contribution in [3.63, 3.8) is 0 Å². The van der Waals surface area contributed by atoms with Crippen LogP contribution >= 0.6 is 0 Å². The van der Waals surface area contributed by atoms with Crippen LogP contribution in [0, 0.1) is 0 Å². The number of halogens is 5. The normalized spacial score (nSPS) is 13.4. The Kier molecular flexibility index (Phi) is 6.87. The molecule has 37 heavy (non-hydrogen) atoms. The third-order valence-electron chi connectivity index (χ3n) is 5.07. The monoisotopic (exact) mass is 545 g/mol. The molecule has 0 aliphatic carbocycles. The van der Waals surface area contributed by atoms with Gasteiger partial charge < -0.3 is 10.1 Å². The summed E-state index contributed by atoms with van der Waals surface area (Å²) in [6, 6.07) is 1.25. The number of fused-ring (bicyclic) bond motifs is 2. The van der Waals surface area contributed by atoms with Crippen LogP contribution in [0.5, 0.6) is 5.88 Å². The van der Waals surface area contributed by atoms with Gasteiger partial charge in [0.25, 0.3) is 5.91 Å². The van der Waals surface area contributed by atoms with Crippen LogP contribution in [-0.4, -0.2) is 69.6 Å². The summed E-state index contributed by atoms with van der Waals surface area (Å²) in [6.07, 6.45) is -0.800. The number of carbonyl (C=O) groups excluding carboxylic acids is 1. The summed E-state index contributed by atoms with van der Waals surface area (Å²) in [6.45, 7) is 3.22. The van der Waals surface area contributed by atoms with Crippen LogP contribution in [0.3, 0.4) is 0 Å². The molecule has 0 aliphatic heterocycles. The van der Waals surface area contributed by atoms with Gasteiger partial charge in [0.15, 0.2) is 23.1 Å². The van der Waals surface area contributed by atoms with Gasteiger partial charge in [0.1, 0.15) is 11.2 Å². The highest BCUT2D eigenvalue weighted by atomic mass is 32.2. The van der Waals surface area contributed by atoms with Gasteiger partial charge in [-0.2, -0.15) is 27.1 Å². The quantitative estimate of drug-likeness (QED) is 0.338. The zero-order valence-corrected chi connectivity index (χ0v) is 20.4. The molecule has 0 spiro atoms. The minimum atomic E-state index is -5.80. The highest BCUT2D eigenvalue weighted by Gasteiger charge is 2.58. The zero-order valence-electron chi connectivity index (χ0n) is 19.6. The molecule has 1 N–H and O–H groups in total. The molecular weight excluding hydrogens is 525 g/mol. The van der Waals surface area contributed by atoms with Crippen LogP contribution in [0.1, 0.15) is 31.3 Å². The Morgan fingerprint density at radius 1 is 1.16 bits per heavy atom. The molecule has 0 aliphatic rings. The van der Waals surface area contributed by atoms with Crippen molar-refractivity contribution in [2.24, 2.45) is 0 Å². The Labute approximate surface area is 208 Å². The lowest BCUT2D eigenvalue weighted by atomic mass is 10.3. The molecule has 0 saturated heterocycles. The fourth-order valence-electron chi connectivity index (χ4n) is 3.37. The van der Waals surface area contributed by atoms with E-state index in [1.807, 2.05) is 0 Å². The first-order valence-electron chi connectivity index (χ1n) is 10.8. The Bertz CT molecular complexity index is 1500. The molecule has 4 aromatic rings. The van der Waals surface area contributed by atoms with Crippen molar-refractivity contribution in [1.29, 1.82) is 0 Å². The molecule has 0 fully saturated rings. The lowest BCUT2D eigenvalue weighted by Crippen LogP contribution is -2.41. The maximum absolute atomic E-state index is 13.4. The molecule has 4 aromatic heterocycles. The van der Waals surface area contributed by atoms with Gasteiger partial charge in [0.05, 0.1) is 22.6 Å². The first kappa shape index (κ1) is 26.4. The fraction of sp³-hybridized carbons (Fsp3) is 0.381. The van der Waals surface area contributed by atoms with Crippen LogP contribution in [0.4, 0.5) is 22.0 Å². The Hall–Kier alpha value is -3.69. The third-order valence-corrected chi connectivity index (χ3v) is 6.31. The average Bonchev–Trinajstić information content (AvgIpc) is 3.42. The van der Waals surface area contributed by atoms with Crippen molar-refractivity contribution in [1.82, 2.24) is 34.3 Å². The summed E-state index contributed by atoms with van der Waals surface area (Å²) >= 11 is 0. The number of aromatic nitrogens is 6. The molecule has 1 atom stereocenters. The molecule has 198 valence electrons. The van der Waals surface area contributed by atoms with E-state index in [1.54, 1.807) is 20.8 Å². The van der Waals surface area contributed by atoms with E-state index in [0.717, 1.165) is 12.4 Å². The highest BCUT2D eigenvalue weighted by molar-refractivity contribution is 7.85. The van der Waals surface area contributed by atoms with E-state index in [4.69, 9.17) is 4.74 Å². The van der Waals surface area contributed by atoms with Gasteiger partial charge in [-0.05, 0) is 19.9 Å². The Morgan fingerprint density at radius 3 is 2.54 bits per heavy atom. The fourth-order valence-corrected chi connectivity index (χ4v) is 4.22. The minimum Gasteiger partial charge on any atom is -0.469 e. The molecule has 1 amide bonds. The van der Waals surface area contributed by atoms with Crippen LogP contribution in [-0.2, 0) is 10.8 Å². The molecule has 16 heteroatoms. The number of amides is 1. The lowest BCUT2D eigenvalue weighted by molar-refractivity contribution is -0.290. The van der Waals surface area contributed by atoms with E-state index in [9.17, 15) is 31.0 Å². The molecule has 10 nitrogen and oxygen atoms in total. The maximum atomic E-state index is 13.4. The molecule has 0 saturated carbocycles. The molecule has 0 radical (unpaired) electrons. The van der Waals surface area contributed by atoms with E-state index in [-0.39, 0.29) is 45.1 Å². The second-order valence-electron chi connectivity index (χ2n) is 8.07. The molecule has 0 bridgehead atoms. The van der Waals surface area contributed by atoms with E-state index in [1.165, 1.54) is 27.4 Å². The number of imidazole rings is 1. The third kappa shape index (κ3) is 4.84. The minimum absolute atomic E-state index is 0.0308. The predicted octanol–water partition coefficient (Wildman–Crippen LogP) is 3.28. The second-order valence-corrected chi connectivity index (χ2v) is 9.72. The van der Waals surface area contributed by atoms with Gasteiger partial charge in [-0.15, -0.1) is 0 Å². The number of rotatable bonds is 8. The second kappa shape index (κ2) is 9.64. The summed E-state index contributed by atoms with van der Waals surface area (Å²) < 4.78 is 84.6. The largest absolute Gasteiger partial charge is 0.469 e. The SMILES string of the molecule is CCS(=O)c1nn2c(C(=O)NC(C)C)ccnc2c1-c1ncc2c(OCC(F)(F)C(F)(F)F)nccn12. The van der Waals surface area contributed by atoms with E-state index < -0.39 is 41.3 Å².